The molecule has 0 aliphatic heterocycles. The molecular formula is C26H24ClN3O4. The van der Waals surface area contributed by atoms with Gasteiger partial charge in [-0.25, -0.2) is 4.79 Å². The fraction of sp³-hybridized carbons (Fsp3) is 0.115. The lowest BCUT2D eigenvalue weighted by Gasteiger charge is -2.12. The van der Waals surface area contributed by atoms with Crippen molar-refractivity contribution in [1.29, 1.82) is 0 Å². The van der Waals surface area contributed by atoms with Gasteiger partial charge in [0.1, 0.15) is 12.4 Å². The molecule has 7 nitrogen and oxygen atoms in total. The Morgan fingerprint density at radius 2 is 1.74 bits per heavy atom. The van der Waals surface area contributed by atoms with E-state index in [-0.39, 0.29) is 24.9 Å². The van der Waals surface area contributed by atoms with Gasteiger partial charge in [0.2, 0.25) is 0 Å². The molecule has 8 heteroatoms. The van der Waals surface area contributed by atoms with E-state index in [1.165, 1.54) is 7.11 Å². The van der Waals surface area contributed by atoms with Gasteiger partial charge in [0.05, 0.1) is 18.2 Å². The summed E-state index contributed by atoms with van der Waals surface area (Å²) in [4.78, 5) is 29.0. The van der Waals surface area contributed by atoms with Gasteiger partial charge in [0, 0.05) is 33.6 Å². The van der Waals surface area contributed by atoms with Crippen LogP contribution in [0.4, 0.5) is 11.4 Å². The Kier molecular flexibility index (Phi) is 7.71. The van der Waals surface area contributed by atoms with Crippen molar-refractivity contribution in [2.75, 3.05) is 18.2 Å². The van der Waals surface area contributed by atoms with E-state index in [0.29, 0.717) is 28.3 Å². The van der Waals surface area contributed by atoms with Crippen molar-refractivity contribution in [2.45, 2.75) is 13.5 Å². The highest BCUT2D eigenvalue weighted by molar-refractivity contribution is 6.06. The number of fused-ring (bicyclic) bond motifs is 1. The number of nitrogens with zero attached hydrogens (tertiary/aromatic N) is 1. The molecule has 0 aliphatic carbocycles. The summed E-state index contributed by atoms with van der Waals surface area (Å²) in [5.74, 6) is -0.0937. The van der Waals surface area contributed by atoms with E-state index in [1.807, 2.05) is 31.2 Å². The maximum atomic E-state index is 13.0. The molecule has 34 heavy (non-hydrogen) atoms. The quantitative estimate of drug-likeness (QED) is 0.371. The Hall–Kier alpha value is -4.10. The molecule has 0 saturated carbocycles. The number of aromatic nitrogens is 1. The lowest BCUT2D eigenvalue weighted by molar-refractivity contribution is 0.0600. The third-order valence-corrected chi connectivity index (χ3v) is 5.16. The van der Waals surface area contributed by atoms with Crippen LogP contribution in [0.3, 0.4) is 0 Å². The van der Waals surface area contributed by atoms with Crippen LogP contribution in [0.2, 0.25) is 0 Å². The van der Waals surface area contributed by atoms with Gasteiger partial charge < -0.3 is 20.5 Å². The first kappa shape index (κ1) is 24.5. The van der Waals surface area contributed by atoms with E-state index >= 15 is 0 Å². The minimum atomic E-state index is -0.412. The SMILES string of the molecule is COC(=O)c1ccc(OCc2ccccc2C(=O)Nc2ccc3nc(C)cc(N)c3c2)cc1.Cl. The van der Waals surface area contributed by atoms with Gasteiger partial charge in [-0.3, -0.25) is 9.78 Å². The van der Waals surface area contributed by atoms with Gasteiger partial charge in [-0.15, -0.1) is 12.4 Å². The first-order valence-corrected chi connectivity index (χ1v) is 10.3. The van der Waals surface area contributed by atoms with E-state index in [4.69, 9.17) is 15.2 Å². The number of methoxy groups -OCH3 is 1. The molecule has 0 unspecified atom stereocenters. The van der Waals surface area contributed by atoms with Crippen LogP contribution in [0.15, 0.2) is 72.8 Å². The molecule has 3 aromatic carbocycles. The number of esters is 1. The number of pyridine rings is 1. The zero-order valence-electron chi connectivity index (χ0n) is 18.7. The number of hydrogen-bond donors (Lipinski definition) is 2. The number of carbonyl (C=O) groups excluding carboxylic acids is 2. The smallest absolute Gasteiger partial charge is 0.337 e. The zero-order chi connectivity index (χ0) is 23.4. The first-order valence-electron chi connectivity index (χ1n) is 10.3. The summed E-state index contributed by atoms with van der Waals surface area (Å²) in [5.41, 5.74) is 10.6. The topological polar surface area (TPSA) is 104 Å². The van der Waals surface area contributed by atoms with Crippen molar-refractivity contribution in [2.24, 2.45) is 0 Å². The average Bonchev–Trinajstić information content (AvgIpc) is 2.83. The summed E-state index contributed by atoms with van der Waals surface area (Å²) in [6, 6.07) is 21.1. The fourth-order valence-corrected chi connectivity index (χ4v) is 3.50. The summed E-state index contributed by atoms with van der Waals surface area (Å²) >= 11 is 0. The second kappa shape index (κ2) is 10.7. The minimum Gasteiger partial charge on any atom is -0.489 e. The van der Waals surface area contributed by atoms with Crippen molar-refractivity contribution in [3.63, 3.8) is 0 Å². The number of benzene rings is 3. The van der Waals surface area contributed by atoms with Gasteiger partial charge in [0.25, 0.3) is 5.91 Å². The lowest BCUT2D eigenvalue weighted by atomic mass is 10.1. The average molecular weight is 478 g/mol. The molecule has 0 aliphatic rings. The predicted octanol–water partition coefficient (Wildman–Crippen LogP) is 5.17. The van der Waals surface area contributed by atoms with Crippen molar-refractivity contribution in [1.82, 2.24) is 4.98 Å². The van der Waals surface area contributed by atoms with Crippen LogP contribution in [0.25, 0.3) is 10.9 Å². The Labute approximate surface area is 203 Å². The van der Waals surface area contributed by atoms with Crippen molar-refractivity contribution < 1.29 is 19.1 Å². The number of halogens is 1. The van der Waals surface area contributed by atoms with E-state index in [1.54, 1.807) is 48.5 Å². The third kappa shape index (κ3) is 5.44. The monoisotopic (exact) mass is 477 g/mol. The Morgan fingerprint density at radius 3 is 2.47 bits per heavy atom. The molecule has 0 saturated heterocycles. The van der Waals surface area contributed by atoms with E-state index in [0.717, 1.165) is 22.2 Å². The summed E-state index contributed by atoms with van der Waals surface area (Å²) in [6.07, 6.45) is 0. The second-order valence-corrected chi connectivity index (χ2v) is 7.50. The predicted molar refractivity (Wildman–Crippen MR) is 135 cm³/mol. The van der Waals surface area contributed by atoms with Crippen molar-refractivity contribution in [3.05, 3.63) is 95.2 Å². The molecule has 1 aromatic heterocycles. The number of amides is 1. The summed E-state index contributed by atoms with van der Waals surface area (Å²) in [5, 5.41) is 3.71. The summed E-state index contributed by atoms with van der Waals surface area (Å²) < 4.78 is 10.5. The first-order chi connectivity index (χ1) is 15.9. The van der Waals surface area contributed by atoms with Crippen LogP contribution in [-0.2, 0) is 11.3 Å². The molecule has 1 amide bonds. The molecule has 4 rings (SSSR count). The number of nitrogens with two attached hydrogens (primary N) is 1. The van der Waals surface area contributed by atoms with Crippen molar-refractivity contribution in [3.8, 4) is 5.75 Å². The summed E-state index contributed by atoms with van der Waals surface area (Å²) in [6.45, 7) is 2.08. The van der Waals surface area contributed by atoms with Crippen LogP contribution in [-0.4, -0.2) is 24.0 Å². The molecule has 3 N–H and O–H groups in total. The number of ether oxygens (including phenoxy) is 2. The van der Waals surface area contributed by atoms with Gasteiger partial charge in [-0.05, 0) is 61.5 Å². The second-order valence-electron chi connectivity index (χ2n) is 7.50. The van der Waals surface area contributed by atoms with Crippen molar-refractivity contribution >= 4 is 46.6 Å². The molecule has 0 bridgehead atoms. The fourth-order valence-electron chi connectivity index (χ4n) is 3.50. The Balaban J connectivity index is 0.00000324. The van der Waals surface area contributed by atoms with Gasteiger partial charge in [0.15, 0.2) is 0 Å². The van der Waals surface area contributed by atoms with Crippen LogP contribution in [0.5, 0.6) is 5.75 Å². The normalized spacial score (nSPS) is 10.3. The van der Waals surface area contributed by atoms with Gasteiger partial charge in [-0.2, -0.15) is 0 Å². The highest BCUT2D eigenvalue weighted by atomic mass is 35.5. The highest BCUT2D eigenvalue weighted by Gasteiger charge is 2.13. The number of nitrogens with one attached hydrogen (secondary N) is 1. The standard InChI is InChI=1S/C26H23N3O4.ClH/c1-16-13-23(27)22-14-19(9-12-24(22)28-16)29-25(30)21-6-4-3-5-18(21)15-33-20-10-7-17(8-11-20)26(31)32-2;/h3-14H,15H2,1-2H3,(H2,27,28)(H,29,30);1H. The van der Waals surface area contributed by atoms with Crippen LogP contribution in [0.1, 0.15) is 32.0 Å². The molecule has 174 valence electrons. The molecule has 4 aromatic rings. The Morgan fingerprint density at radius 1 is 1.00 bits per heavy atom. The van der Waals surface area contributed by atoms with E-state index in [2.05, 4.69) is 10.3 Å². The molecule has 0 fully saturated rings. The van der Waals surface area contributed by atoms with E-state index in [9.17, 15) is 9.59 Å². The number of carbonyl (C=O) groups is 2. The highest BCUT2D eigenvalue weighted by Crippen LogP contribution is 2.25. The zero-order valence-corrected chi connectivity index (χ0v) is 19.5. The lowest BCUT2D eigenvalue weighted by Crippen LogP contribution is -2.15. The van der Waals surface area contributed by atoms with Crippen LogP contribution >= 0.6 is 12.4 Å². The largest absolute Gasteiger partial charge is 0.489 e. The minimum absolute atomic E-state index is 0. The maximum Gasteiger partial charge on any atom is 0.337 e. The number of rotatable bonds is 6. The van der Waals surface area contributed by atoms with Gasteiger partial charge in [-0.1, -0.05) is 18.2 Å². The van der Waals surface area contributed by atoms with E-state index < -0.39 is 5.97 Å². The number of anilines is 2. The molecule has 1 heterocycles. The number of hydrogen-bond acceptors (Lipinski definition) is 6. The third-order valence-electron chi connectivity index (χ3n) is 5.16. The van der Waals surface area contributed by atoms with Crippen LogP contribution in [0, 0.1) is 6.92 Å². The van der Waals surface area contributed by atoms with Crippen LogP contribution < -0.4 is 15.8 Å². The summed E-state index contributed by atoms with van der Waals surface area (Å²) in [7, 11) is 1.33. The number of nitrogen functional groups attached to an aromatic ring is 1. The molecule has 0 spiro atoms. The van der Waals surface area contributed by atoms with Gasteiger partial charge >= 0.3 is 5.97 Å². The Bertz CT molecular complexity index is 1340. The number of aryl methyl sites for hydroxylation is 1. The molecule has 0 atom stereocenters. The molecular weight excluding hydrogens is 454 g/mol. The maximum absolute atomic E-state index is 13.0. The molecule has 0 radical (unpaired) electrons.